The van der Waals surface area contributed by atoms with Gasteiger partial charge in [0.1, 0.15) is 30.7 Å². The Morgan fingerprint density at radius 3 is 2.53 bits per heavy atom. The highest BCUT2D eigenvalue weighted by molar-refractivity contribution is 6.31. The molecule has 1 amide bonds. The fourth-order valence-corrected chi connectivity index (χ4v) is 4.71. The van der Waals surface area contributed by atoms with E-state index in [1.807, 2.05) is 4.90 Å². The molecule has 7 nitrogen and oxygen atoms in total. The summed E-state index contributed by atoms with van der Waals surface area (Å²) >= 11 is 5.92. The number of fused-ring (bicyclic) bond motifs is 2. The van der Waals surface area contributed by atoms with Gasteiger partial charge >= 0.3 is 5.92 Å². The van der Waals surface area contributed by atoms with Crippen LogP contribution in [0.5, 0.6) is 11.5 Å². The molecule has 2 aromatic carbocycles. The van der Waals surface area contributed by atoms with Crippen LogP contribution in [0.15, 0.2) is 40.8 Å². The number of aliphatic hydroxyl groups excluding tert-OH is 1. The number of ether oxygens (including phenoxy) is 2. The van der Waals surface area contributed by atoms with Gasteiger partial charge in [-0.15, -0.1) is 0 Å². The van der Waals surface area contributed by atoms with Crippen LogP contribution in [0, 0.1) is 5.82 Å². The predicted octanol–water partition coefficient (Wildman–Crippen LogP) is 4.40. The average molecular weight is 525 g/mol. The Morgan fingerprint density at radius 2 is 1.81 bits per heavy atom. The largest absolute Gasteiger partial charge is 0.486 e. The highest BCUT2D eigenvalue weighted by atomic mass is 35.5. The summed E-state index contributed by atoms with van der Waals surface area (Å²) in [7, 11) is 0. The quantitative estimate of drug-likeness (QED) is 0.476. The van der Waals surface area contributed by atoms with Crippen molar-refractivity contribution in [2.24, 2.45) is 0 Å². The Hall–Kier alpha value is -2.95. The van der Waals surface area contributed by atoms with Crippen molar-refractivity contribution in [3.63, 3.8) is 0 Å². The van der Waals surface area contributed by atoms with E-state index in [9.17, 15) is 14.3 Å². The van der Waals surface area contributed by atoms with E-state index in [4.69, 9.17) is 25.5 Å². The minimum atomic E-state index is -4.06. The van der Waals surface area contributed by atoms with E-state index in [1.54, 1.807) is 0 Å². The molecule has 2 aliphatic rings. The molecule has 0 radical (unpaired) electrons. The van der Waals surface area contributed by atoms with Crippen LogP contribution in [0.3, 0.4) is 0 Å². The molecular weight excluding hydrogens is 501 g/mol. The predicted molar refractivity (Wildman–Crippen MR) is 125 cm³/mol. The molecule has 192 valence electrons. The van der Waals surface area contributed by atoms with Gasteiger partial charge in [-0.25, -0.2) is 4.39 Å². The van der Waals surface area contributed by atoms with Gasteiger partial charge in [-0.1, -0.05) is 11.6 Å². The minimum absolute atomic E-state index is 0.0482. The lowest BCUT2D eigenvalue weighted by molar-refractivity contribution is -0.151. The number of carbonyl (C=O) groups excluding carboxylic acids is 1. The van der Waals surface area contributed by atoms with Crippen LogP contribution in [0.25, 0.3) is 11.0 Å². The molecule has 3 aromatic rings. The number of rotatable bonds is 7. The summed E-state index contributed by atoms with van der Waals surface area (Å²) in [5, 5.41) is 14.0. The molecule has 0 spiro atoms. The molecule has 5 rings (SSSR count). The number of nitrogens with one attached hydrogen (secondary N) is 1. The number of amides is 1. The van der Waals surface area contributed by atoms with Gasteiger partial charge in [0.15, 0.2) is 17.3 Å². The van der Waals surface area contributed by atoms with E-state index < -0.39 is 35.6 Å². The van der Waals surface area contributed by atoms with E-state index in [2.05, 4.69) is 5.32 Å². The van der Waals surface area contributed by atoms with Crippen molar-refractivity contribution in [3.05, 3.63) is 58.6 Å². The number of furan rings is 1. The van der Waals surface area contributed by atoms with Gasteiger partial charge in [0.25, 0.3) is 5.91 Å². The zero-order valence-corrected chi connectivity index (χ0v) is 19.9. The van der Waals surface area contributed by atoms with E-state index in [0.717, 1.165) is 25.0 Å². The van der Waals surface area contributed by atoms with Crippen LogP contribution >= 0.6 is 11.6 Å². The number of likely N-dealkylation sites (tertiary alicyclic amines) is 1. The molecule has 0 saturated carbocycles. The van der Waals surface area contributed by atoms with E-state index >= 15 is 8.78 Å². The summed E-state index contributed by atoms with van der Waals surface area (Å²) in [6, 6.07) is 6.53. The number of alkyl halides is 2. The van der Waals surface area contributed by atoms with Gasteiger partial charge in [-0.2, -0.15) is 8.78 Å². The molecular formula is C25H24ClF3N2O5. The third kappa shape index (κ3) is 4.85. The van der Waals surface area contributed by atoms with Gasteiger partial charge in [0.05, 0.1) is 6.04 Å². The van der Waals surface area contributed by atoms with Gasteiger partial charge in [0, 0.05) is 28.6 Å². The molecule has 1 fully saturated rings. The summed E-state index contributed by atoms with van der Waals surface area (Å²) in [5.74, 6) is -6.97. The lowest BCUT2D eigenvalue weighted by Crippen LogP contribution is -2.51. The Morgan fingerprint density at radius 1 is 1.11 bits per heavy atom. The maximum atomic E-state index is 15.2. The zero-order valence-electron chi connectivity index (χ0n) is 19.1. The Bertz CT molecular complexity index is 1280. The zero-order chi connectivity index (χ0) is 25.4. The number of aliphatic hydroxyl groups is 1. The first-order chi connectivity index (χ1) is 17.2. The first-order valence-corrected chi connectivity index (χ1v) is 12.0. The number of hydrogen-bond acceptors (Lipinski definition) is 6. The van der Waals surface area contributed by atoms with Crippen molar-refractivity contribution in [3.8, 4) is 11.5 Å². The first-order valence-electron chi connectivity index (χ1n) is 11.6. The molecule has 2 aliphatic heterocycles. The molecule has 0 bridgehead atoms. The van der Waals surface area contributed by atoms with E-state index in [-0.39, 0.29) is 42.4 Å². The summed E-state index contributed by atoms with van der Waals surface area (Å²) in [6.45, 7) is 1.89. The standard InChI is InChI=1S/C25H24ClF3N2O5/c26-15-3-4-19-14(9-15)10-22(36-19)25(28,29)24(33)30-18(13-31-5-1-2-6-31)23(32)16-11-20-21(12-17(16)27)35-8-7-34-20/h3-4,9-12,18,23,32H,1-2,5-8,13H2,(H,30,33)/t18-,23-/m1/s1. The summed E-state index contributed by atoms with van der Waals surface area (Å²) < 4.78 is 61.3. The molecule has 1 aromatic heterocycles. The number of benzene rings is 2. The van der Waals surface area contributed by atoms with Crippen LogP contribution in [-0.4, -0.2) is 54.8 Å². The van der Waals surface area contributed by atoms with Crippen LogP contribution in [0.1, 0.15) is 30.3 Å². The van der Waals surface area contributed by atoms with Gasteiger partial charge < -0.3 is 29.2 Å². The summed E-state index contributed by atoms with van der Waals surface area (Å²) in [4.78, 5) is 14.8. The monoisotopic (exact) mass is 524 g/mol. The van der Waals surface area contributed by atoms with Crippen molar-refractivity contribution in [2.75, 3.05) is 32.8 Å². The maximum absolute atomic E-state index is 15.2. The highest BCUT2D eigenvalue weighted by Gasteiger charge is 2.46. The first kappa shape index (κ1) is 24.7. The van der Waals surface area contributed by atoms with E-state index in [0.29, 0.717) is 23.5 Å². The summed E-state index contributed by atoms with van der Waals surface area (Å²) in [5.41, 5.74) is -0.0423. The molecule has 11 heteroatoms. The van der Waals surface area contributed by atoms with E-state index in [1.165, 1.54) is 24.3 Å². The van der Waals surface area contributed by atoms with Gasteiger partial charge in [-0.05, 0) is 56.3 Å². The van der Waals surface area contributed by atoms with Crippen molar-refractivity contribution in [2.45, 2.75) is 30.9 Å². The number of hydrogen-bond donors (Lipinski definition) is 2. The smallest absolute Gasteiger partial charge is 0.380 e. The Balaban J connectivity index is 1.42. The molecule has 0 unspecified atom stereocenters. The molecule has 0 aliphatic carbocycles. The van der Waals surface area contributed by atoms with Crippen LogP contribution in [0.2, 0.25) is 5.02 Å². The second-order valence-electron chi connectivity index (χ2n) is 8.92. The Kier molecular flexibility index (Phi) is 6.76. The number of carbonyl (C=O) groups is 1. The molecule has 2 N–H and O–H groups in total. The van der Waals surface area contributed by atoms with Crippen molar-refractivity contribution >= 4 is 28.5 Å². The third-order valence-electron chi connectivity index (χ3n) is 6.40. The highest BCUT2D eigenvalue weighted by Crippen LogP contribution is 2.37. The van der Waals surface area contributed by atoms with Crippen molar-refractivity contribution in [1.82, 2.24) is 10.2 Å². The van der Waals surface area contributed by atoms with Crippen molar-refractivity contribution < 1.29 is 37.0 Å². The maximum Gasteiger partial charge on any atom is 0.380 e. The summed E-state index contributed by atoms with van der Waals surface area (Å²) in [6.07, 6.45) is 0.162. The normalized spacial score (nSPS) is 17.8. The molecule has 3 heterocycles. The van der Waals surface area contributed by atoms with Gasteiger partial charge in [-0.3, -0.25) is 4.79 Å². The molecule has 1 saturated heterocycles. The van der Waals surface area contributed by atoms with Crippen LogP contribution in [0.4, 0.5) is 13.2 Å². The lowest BCUT2D eigenvalue weighted by atomic mass is 9.99. The average Bonchev–Trinajstić information content (AvgIpc) is 3.52. The number of nitrogens with zero attached hydrogens (tertiary/aromatic N) is 1. The SMILES string of the molecule is O=C(N[C@H](CN1CCCC1)[C@H](O)c1cc2c(cc1F)OCCO2)C(F)(F)c1cc2cc(Cl)ccc2o1. The number of halogens is 4. The molecule has 36 heavy (non-hydrogen) atoms. The second-order valence-corrected chi connectivity index (χ2v) is 9.35. The van der Waals surface area contributed by atoms with Gasteiger partial charge in [0.2, 0.25) is 0 Å². The van der Waals surface area contributed by atoms with Crippen LogP contribution in [-0.2, 0) is 10.7 Å². The third-order valence-corrected chi connectivity index (χ3v) is 6.64. The van der Waals surface area contributed by atoms with Crippen molar-refractivity contribution in [1.29, 1.82) is 0 Å². The Labute approximate surface area is 209 Å². The second kappa shape index (κ2) is 9.84. The topological polar surface area (TPSA) is 84.2 Å². The van der Waals surface area contributed by atoms with Crippen LogP contribution < -0.4 is 14.8 Å². The fourth-order valence-electron chi connectivity index (χ4n) is 4.53. The fraction of sp³-hybridized carbons (Fsp3) is 0.400. The lowest BCUT2D eigenvalue weighted by Gasteiger charge is -2.30. The minimum Gasteiger partial charge on any atom is -0.486 e. The molecule has 2 atom stereocenters.